The number of benzene rings is 2. The molecule has 0 fully saturated rings. The average Bonchev–Trinajstić information content (AvgIpc) is 2.81. The second kappa shape index (κ2) is 11.9. The summed E-state index contributed by atoms with van der Waals surface area (Å²) in [5, 5.41) is -1.74. The molecule has 3 rings (SSSR count). The van der Waals surface area contributed by atoms with Crippen molar-refractivity contribution in [3.63, 3.8) is 0 Å². The Morgan fingerprint density at radius 3 is 1.95 bits per heavy atom. The Bertz CT molecular complexity index is 1410. The van der Waals surface area contributed by atoms with Crippen molar-refractivity contribution in [2.75, 3.05) is 5.43 Å². The largest absolute Gasteiger partial charge is 0.417 e. The van der Waals surface area contributed by atoms with Gasteiger partial charge < -0.3 is 0 Å². The normalized spacial score (nSPS) is 13.3. The quantitative estimate of drug-likeness (QED) is 0.158. The molecule has 1 amide bonds. The number of allylic oxidation sites excluding steroid dienone is 1. The van der Waals surface area contributed by atoms with E-state index in [2.05, 4.69) is 20.4 Å². The van der Waals surface area contributed by atoms with E-state index in [0.29, 0.717) is 12.1 Å². The third-order valence-corrected chi connectivity index (χ3v) is 6.28. The Morgan fingerprint density at radius 2 is 1.44 bits per heavy atom. The number of amides is 1. The number of aromatic nitrogens is 3. The number of anilines is 1. The van der Waals surface area contributed by atoms with Crippen LogP contribution in [-0.2, 0) is 6.18 Å². The van der Waals surface area contributed by atoms with E-state index in [4.69, 9.17) is 58.0 Å². The van der Waals surface area contributed by atoms with E-state index in [1.165, 1.54) is 0 Å². The summed E-state index contributed by atoms with van der Waals surface area (Å²) in [6.07, 6.45) is -10.3. The average molecular weight is 658 g/mol. The number of hydrazine groups is 1. The molecule has 1 aromatic heterocycles. The first kappa shape index (κ1) is 31.0. The smallest absolute Gasteiger partial charge is 0.267 e. The fourth-order valence-corrected chi connectivity index (χ4v) is 4.04. The van der Waals surface area contributed by atoms with Crippen LogP contribution in [0, 0.1) is 0 Å². The predicted molar refractivity (Wildman–Crippen MR) is 132 cm³/mol. The van der Waals surface area contributed by atoms with Crippen LogP contribution in [0.3, 0.4) is 0 Å². The maximum absolute atomic E-state index is 15.0. The van der Waals surface area contributed by atoms with Crippen LogP contribution >= 0.6 is 58.0 Å². The Kier molecular flexibility index (Phi) is 9.43. The topological polar surface area (TPSA) is 79.8 Å². The second-order valence-electron chi connectivity index (χ2n) is 7.37. The van der Waals surface area contributed by atoms with Crippen molar-refractivity contribution in [3.05, 3.63) is 84.3 Å². The molecule has 0 aliphatic carbocycles. The first-order valence-electron chi connectivity index (χ1n) is 9.91. The highest BCUT2D eigenvalue weighted by Crippen LogP contribution is 2.42. The maximum atomic E-state index is 15.0. The molecule has 3 aromatic rings. The molecular weight excluding hydrogens is 649 g/mol. The lowest BCUT2D eigenvalue weighted by molar-refractivity contribution is -0.140. The van der Waals surface area contributed by atoms with Crippen LogP contribution in [0.15, 0.2) is 36.4 Å². The van der Waals surface area contributed by atoms with Gasteiger partial charge in [0.15, 0.2) is 0 Å². The lowest BCUT2D eigenvalue weighted by Gasteiger charge is -2.19. The van der Waals surface area contributed by atoms with E-state index >= 15 is 0 Å². The number of carbonyl (C=O) groups excluding carboxylic acids is 1. The van der Waals surface area contributed by atoms with E-state index in [-0.39, 0.29) is 27.2 Å². The molecule has 2 aromatic carbocycles. The third kappa shape index (κ3) is 7.76. The van der Waals surface area contributed by atoms with Crippen molar-refractivity contribution >= 4 is 75.7 Å². The molecule has 1 atom stereocenters. The Hall–Kier alpha value is -2.58. The minimum absolute atomic E-state index is 0.0426. The first-order chi connectivity index (χ1) is 18.0. The Balaban J connectivity index is 1.98. The number of rotatable bonds is 6. The molecule has 0 saturated carbocycles. The standard InChI is InChI=1S/C21H9Cl5F7N5O/c22-12-4-8(5-13(23)15(12)24)10(20(28,29)30)6-14(27)7-1-2-9(11(3-7)21(31,32)33)16(39)37-38-19-35-17(25)34-18(26)36-19/h1-6,10H,(H,37,39)(H,34,35,36,38)/b14-6-. The molecule has 1 heterocycles. The second-order valence-corrected chi connectivity index (χ2v) is 9.24. The number of hydrogen-bond donors (Lipinski definition) is 2. The molecule has 6 nitrogen and oxygen atoms in total. The number of nitrogens with zero attached hydrogens (tertiary/aromatic N) is 3. The van der Waals surface area contributed by atoms with Crippen molar-refractivity contribution in [1.82, 2.24) is 20.4 Å². The van der Waals surface area contributed by atoms with Crippen LogP contribution in [0.2, 0.25) is 25.6 Å². The summed E-state index contributed by atoms with van der Waals surface area (Å²) in [6, 6.07) is 3.02. The minimum Gasteiger partial charge on any atom is -0.267 e. The molecular formula is C21H9Cl5F7N5O. The van der Waals surface area contributed by atoms with Gasteiger partial charge in [0, 0.05) is 5.56 Å². The van der Waals surface area contributed by atoms with Gasteiger partial charge in [-0.05, 0) is 59.1 Å². The number of nitrogens with one attached hydrogen (secondary N) is 2. The summed E-state index contributed by atoms with van der Waals surface area (Å²) in [4.78, 5) is 22.9. The van der Waals surface area contributed by atoms with Gasteiger partial charge in [0.05, 0.1) is 26.2 Å². The van der Waals surface area contributed by atoms with Gasteiger partial charge in [-0.3, -0.25) is 15.6 Å². The lowest BCUT2D eigenvalue weighted by atomic mass is 9.95. The molecule has 208 valence electrons. The third-order valence-electron chi connectivity index (χ3n) is 4.74. The van der Waals surface area contributed by atoms with E-state index < -0.39 is 68.8 Å². The molecule has 0 radical (unpaired) electrons. The number of halogens is 12. The Labute approximate surface area is 239 Å². The zero-order chi connectivity index (χ0) is 29.3. The maximum Gasteiger partial charge on any atom is 0.417 e. The molecule has 0 aliphatic rings. The van der Waals surface area contributed by atoms with Gasteiger partial charge in [-0.15, -0.1) is 0 Å². The van der Waals surface area contributed by atoms with Crippen molar-refractivity contribution in [1.29, 1.82) is 0 Å². The summed E-state index contributed by atoms with van der Waals surface area (Å²) in [5.74, 6) is -6.15. The number of carbonyl (C=O) groups is 1. The lowest BCUT2D eigenvalue weighted by Crippen LogP contribution is -2.32. The fourth-order valence-electron chi connectivity index (χ4n) is 3.06. The fraction of sp³-hybridized carbons (Fsp3) is 0.143. The Morgan fingerprint density at radius 1 is 0.872 bits per heavy atom. The van der Waals surface area contributed by atoms with Crippen LogP contribution < -0.4 is 10.9 Å². The van der Waals surface area contributed by atoms with E-state index in [9.17, 15) is 35.5 Å². The molecule has 18 heteroatoms. The summed E-state index contributed by atoms with van der Waals surface area (Å²) in [6.45, 7) is 0. The minimum atomic E-state index is -5.22. The van der Waals surface area contributed by atoms with Gasteiger partial charge in [0.1, 0.15) is 11.7 Å². The van der Waals surface area contributed by atoms with E-state index in [1.807, 2.05) is 5.43 Å². The van der Waals surface area contributed by atoms with E-state index in [1.54, 1.807) is 0 Å². The zero-order valence-electron chi connectivity index (χ0n) is 18.3. The molecule has 1 unspecified atom stereocenters. The molecule has 0 aliphatic heterocycles. The van der Waals surface area contributed by atoms with E-state index in [0.717, 1.165) is 12.1 Å². The van der Waals surface area contributed by atoms with Gasteiger partial charge in [0.2, 0.25) is 16.5 Å². The van der Waals surface area contributed by atoms with Crippen molar-refractivity contribution in [3.8, 4) is 0 Å². The van der Waals surface area contributed by atoms with Crippen molar-refractivity contribution in [2.24, 2.45) is 0 Å². The van der Waals surface area contributed by atoms with Gasteiger partial charge >= 0.3 is 12.4 Å². The SMILES string of the molecule is O=C(NNc1nc(Cl)nc(Cl)n1)c1ccc(/C(F)=C/C(c2cc(Cl)c(Cl)c(Cl)c2)C(F)(F)F)cc1C(F)(F)F. The van der Waals surface area contributed by atoms with Crippen LogP contribution in [0.4, 0.5) is 36.7 Å². The molecule has 39 heavy (non-hydrogen) atoms. The highest BCUT2D eigenvalue weighted by atomic mass is 35.5. The highest BCUT2D eigenvalue weighted by molar-refractivity contribution is 6.48. The summed E-state index contributed by atoms with van der Waals surface area (Å²) in [7, 11) is 0. The van der Waals surface area contributed by atoms with Gasteiger partial charge in [-0.25, -0.2) is 4.39 Å². The van der Waals surface area contributed by atoms with Gasteiger partial charge in [-0.1, -0.05) is 40.9 Å². The number of hydrogen-bond acceptors (Lipinski definition) is 5. The summed E-state index contributed by atoms with van der Waals surface area (Å²) in [5.41, 5.74) is -0.243. The van der Waals surface area contributed by atoms with Crippen LogP contribution in [-0.4, -0.2) is 27.0 Å². The van der Waals surface area contributed by atoms with Gasteiger partial charge in [-0.2, -0.15) is 41.3 Å². The summed E-state index contributed by atoms with van der Waals surface area (Å²) >= 11 is 28.4. The zero-order valence-corrected chi connectivity index (χ0v) is 22.1. The molecule has 2 N–H and O–H groups in total. The van der Waals surface area contributed by atoms with Crippen LogP contribution in [0.1, 0.15) is 33.0 Å². The van der Waals surface area contributed by atoms with Crippen LogP contribution in [0.5, 0.6) is 0 Å². The van der Waals surface area contributed by atoms with Crippen molar-refractivity contribution in [2.45, 2.75) is 18.3 Å². The van der Waals surface area contributed by atoms with Gasteiger partial charge in [0.25, 0.3) is 5.91 Å². The molecule has 0 bridgehead atoms. The monoisotopic (exact) mass is 655 g/mol. The van der Waals surface area contributed by atoms with Crippen molar-refractivity contribution < 1.29 is 35.5 Å². The number of alkyl halides is 6. The first-order valence-corrected chi connectivity index (χ1v) is 11.8. The highest BCUT2D eigenvalue weighted by Gasteiger charge is 2.41. The molecule has 0 spiro atoms. The summed E-state index contributed by atoms with van der Waals surface area (Å²) < 4.78 is 97.4. The molecule has 0 saturated heterocycles. The predicted octanol–water partition coefficient (Wildman–Crippen LogP) is 8.57. The van der Waals surface area contributed by atoms with Crippen LogP contribution in [0.25, 0.3) is 5.83 Å².